The molecule has 130 valence electrons. The number of anilines is 1. The molecule has 0 aliphatic heterocycles. The second kappa shape index (κ2) is 8.88. The SMILES string of the molecule is Cc1cccc(NC(=O)CN(C)CCCOCC(F)(F)F)c1C. The molecular formula is C16H23F3N2O2. The first-order valence-corrected chi connectivity index (χ1v) is 7.38. The number of hydrogen-bond acceptors (Lipinski definition) is 3. The van der Waals surface area contributed by atoms with Crippen LogP contribution in [0.2, 0.25) is 0 Å². The molecule has 0 spiro atoms. The second-order valence-corrected chi connectivity index (χ2v) is 5.55. The molecule has 1 amide bonds. The molecule has 0 bridgehead atoms. The largest absolute Gasteiger partial charge is 0.411 e. The Morgan fingerprint density at radius 1 is 1.30 bits per heavy atom. The average molecular weight is 332 g/mol. The molecule has 0 heterocycles. The van der Waals surface area contributed by atoms with E-state index in [0.717, 1.165) is 16.8 Å². The molecule has 1 N–H and O–H groups in total. The van der Waals surface area contributed by atoms with E-state index in [1.54, 1.807) is 11.9 Å². The van der Waals surface area contributed by atoms with Crippen LogP contribution < -0.4 is 5.32 Å². The second-order valence-electron chi connectivity index (χ2n) is 5.55. The summed E-state index contributed by atoms with van der Waals surface area (Å²) in [6, 6.07) is 5.68. The van der Waals surface area contributed by atoms with Gasteiger partial charge >= 0.3 is 6.18 Å². The summed E-state index contributed by atoms with van der Waals surface area (Å²) in [7, 11) is 1.74. The van der Waals surface area contributed by atoms with Crippen molar-refractivity contribution in [2.75, 3.05) is 38.7 Å². The maximum Gasteiger partial charge on any atom is 0.411 e. The van der Waals surface area contributed by atoms with E-state index in [0.29, 0.717) is 13.0 Å². The van der Waals surface area contributed by atoms with Crippen LogP contribution in [0.1, 0.15) is 17.5 Å². The van der Waals surface area contributed by atoms with E-state index in [9.17, 15) is 18.0 Å². The highest BCUT2D eigenvalue weighted by atomic mass is 19.4. The standard InChI is InChI=1S/C16H23F3N2O2/c1-12-6-4-7-14(13(12)2)20-15(22)10-21(3)8-5-9-23-11-16(17,18)19/h4,6-7H,5,8-11H2,1-3H3,(H,20,22). The van der Waals surface area contributed by atoms with Crippen molar-refractivity contribution in [1.82, 2.24) is 4.90 Å². The van der Waals surface area contributed by atoms with E-state index in [1.807, 2.05) is 32.0 Å². The van der Waals surface area contributed by atoms with Crippen molar-refractivity contribution in [2.45, 2.75) is 26.4 Å². The van der Waals surface area contributed by atoms with Crippen LogP contribution in [0.3, 0.4) is 0 Å². The van der Waals surface area contributed by atoms with Crippen molar-refractivity contribution >= 4 is 11.6 Å². The van der Waals surface area contributed by atoms with Crippen LogP contribution in [0.4, 0.5) is 18.9 Å². The maximum absolute atomic E-state index is 12.0. The van der Waals surface area contributed by atoms with Gasteiger partial charge in [0.05, 0.1) is 6.54 Å². The summed E-state index contributed by atoms with van der Waals surface area (Å²) in [6.07, 6.45) is -3.86. The molecule has 0 radical (unpaired) electrons. The Kier molecular flexibility index (Phi) is 7.51. The summed E-state index contributed by atoms with van der Waals surface area (Å²) < 4.78 is 40.2. The Hall–Kier alpha value is -1.60. The summed E-state index contributed by atoms with van der Waals surface area (Å²) >= 11 is 0. The summed E-state index contributed by atoms with van der Waals surface area (Å²) in [5, 5.41) is 2.84. The van der Waals surface area contributed by atoms with E-state index in [4.69, 9.17) is 0 Å². The number of amides is 1. The Morgan fingerprint density at radius 3 is 2.65 bits per heavy atom. The number of nitrogens with one attached hydrogen (secondary N) is 1. The predicted octanol–water partition coefficient (Wildman–Crippen LogP) is 3.14. The number of likely N-dealkylation sites (N-methyl/N-ethyl adjacent to an activating group) is 1. The normalized spacial score (nSPS) is 11.8. The quantitative estimate of drug-likeness (QED) is 0.744. The molecule has 0 saturated heterocycles. The number of rotatable bonds is 8. The van der Waals surface area contributed by atoms with E-state index >= 15 is 0 Å². The fourth-order valence-corrected chi connectivity index (χ4v) is 2.02. The Morgan fingerprint density at radius 2 is 2.00 bits per heavy atom. The highest BCUT2D eigenvalue weighted by molar-refractivity contribution is 5.93. The van der Waals surface area contributed by atoms with E-state index in [-0.39, 0.29) is 19.1 Å². The van der Waals surface area contributed by atoms with Crippen molar-refractivity contribution in [2.24, 2.45) is 0 Å². The van der Waals surface area contributed by atoms with Crippen LogP contribution >= 0.6 is 0 Å². The van der Waals surface area contributed by atoms with Gasteiger partial charge in [-0.3, -0.25) is 9.69 Å². The van der Waals surface area contributed by atoms with E-state index < -0.39 is 12.8 Å². The zero-order valence-electron chi connectivity index (χ0n) is 13.7. The number of alkyl halides is 3. The molecule has 1 aromatic rings. The summed E-state index contributed by atoms with van der Waals surface area (Å²) in [5.74, 6) is -0.155. The molecule has 23 heavy (non-hydrogen) atoms. The van der Waals surface area contributed by atoms with Crippen molar-refractivity contribution in [3.8, 4) is 0 Å². The van der Waals surface area contributed by atoms with Gasteiger partial charge in [0.2, 0.25) is 5.91 Å². The summed E-state index contributed by atoms with van der Waals surface area (Å²) in [4.78, 5) is 13.7. The number of carbonyl (C=O) groups is 1. The van der Waals surface area contributed by atoms with Crippen LogP contribution in [-0.4, -0.2) is 50.3 Å². The van der Waals surface area contributed by atoms with Crippen LogP contribution in [0, 0.1) is 13.8 Å². The van der Waals surface area contributed by atoms with Gasteiger partial charge in [-0.1, -0.05) is 12.1 Å². The number of benzene rings is 1. The first kappa shape index (κ1) is 19.4. The van der Waals surface area contributed by atoms with Gasteiger partial charge in [-0.25, -0.2) is 0 Å². The van der Waals surface area contributed by atoms with Crippen molar-refractivity contribution in [3.63, 3.8) is 0 Å². The Labute approximate surface area is 134 Å². The number of ether oxygens (including phenoxy) is 1. The molecule has 4 nitrogen and oxygen atoms in total. The molecule has 1 aromatic carbocycles. The minimum Gasteiger partial charge on any atom is -0.372 e. The van der Waals surface area contributed by atoms with Crippen LogP contribution in [-0.2, 0) is 9.53 Å². The molecule has 7 heteroatoms. The maximum atomic E-state index is 12.0. The lowest BCUT2D eigenvalue weighted by atomic mass is 10.1. The van der Waals surface area contributed by atoms with Gasteiger partial charge in [-0.2, -0.15) is 13.2 Å². The molecule has 0 unspecified atom stereocenters. The van der Waals surface area contributed by atoms with Gasteiger partial charge in [0.15, 0.2) is 0 Å². The predicted molar refractivity (Wildman–Crippen MR) is 83.5 cm³/mol. The average Bonchev–Trinajstić information content (AvgIpc) is 2.42. The third-order valence-electron chi connectivity index (χ3n) is 3.39. The zero-order chi connectivity index (χ0) is 17.5. The van der Waals surface area contributed by atoms with E-state index in [1.165, 1.54) is 0 Å². The smallest absolute Gasteiger partial charge is 0.372 e. The number of hydrogen-bond donors (Lipinski definition) is 1. The monoisotopic (exact) mass is 332 g/mol. The third kappa shape index (κ3) is 7.99. The number of halogens is 3. The lowest BCUT2D eigenvalue weighted by molar-refractivity contribution is -0.174. The number of carbonyl (C=O) groups excluding carboxylic acids is 1. The van der Waals surface area contributed by atoms with Crippen LogP contribution in [0.25, 0.3) is 0 Å². The Balaban J connectivity index is 2.27. The fourth-order valence-electron chi connectivity index (χ4n) is 2.02. The molecule has 0 aromatic heterocycles. The lowest BCUT2D eigenvalue weighted by Crippen LogP contribution is -2.31. The molecule has 0 aliphatic rings. The van der Waals surface area contributed by atoms with Crippen LogP contribution in [0.5, 0.6) is 0 Å². The first-order chi connectivity index (χ1) is 10.7. The van der Waals surface area contributed by atoms with Gasteiger partial charge in [-0.05, 0) is 44.5 Å². The molecule has 0 fully saturated rings. The topological polar surface area (TPSA) is 41.6 Å². The minimum absolute atomic E-state index is 0.0163. The molecule has 0 aliphatic carbocycles. The zero-order valence-corrected chi connectivity index (χ0v) is 13.7. The van der Waals surface area contributed by atoms with Crippen LogP contribution in [0.15, 0.2) is 18.2 Å². The third-order valence-corrected chi connectivity index (χ3v) is 3.39. The van der Waals surface area contributed by atoms with Gasteiger partial charge in [-0.15, -0.1) is 0 Å². The highest BCUT2D eigenvalue weighted by Gasteiger charge is 2.27. The van der Waals surface area contributed by atoms with Crippen molar-refractivity contribution < 1.29 is 22.7 Å². The Bertz CT molecular complexity index is 519. The minimum atomic E-state index is -4.29. The number of nitrogens with zero attached hydrogens (tertiary/aromatic N) is 1. The molecule has 0 atom stereocenters. The lowest BCUT2D eigenvalue weighted by Gasteiger charge is -2.17. The molecular weight excluding hydrogens is 309 g/mol. The molecule has 0 saturated carbocycles. The van der Waals surface area contributed by atoms with Gasteiger partial charge in [0.25, 0.3) is 0 Å². The fraction of sp³-hybridized carbons (Fsp3) is 0.562. The summed E-state index contributed by atoms with van der Waals surface area (Å²) in [5.41, 5.74) is 2.89. The highest BCUT2D eigenvalue weighted by Crippen LogP contribution is 2.17. The van der Waals surface area contributed by atoms with Gasteiger partial charge < -0.3 is 10.1 Å². The van der Waals surface area contributed by atoms with E-state index in [2.05, 4.69) is 10.1 Å². The molecule has 1 rings (SSSR count). The van der Waals surface area contributed by atoms with Gasteiger partial charge in [0, 0.05) is 18.8 Å². The van der Waals surface area contributed by atoms with Gasteiger partial charge in [0.1, 0.15) is 6.61 Å². The first-order valence-electron chi connectivity index (χ1n) is 7.38. The summed E-state index contributed by atoms with van der Waals surface area (Å²) in [6.45, 7) is 3.35. The van der Waals surface area contributed by atoms with Crippen molar-refractivity contribution in [3.05, 3.63) is 29.3 Å². The number of aryl methyl sites for hydroxylation is 1. The van der Waals surface area contributed by atoms with Crippen molar-refractivity contribution in [1.29, 1.82) is 0 Å².